The zero-order valence-electron chi connectivity index (χ0n) is 8.74. The summed E-state index contributed by atoms with van der Waals surface area (Å²) in [6.45, 7) is 0.0970. The molecule has 84 valence electrons. The van der Waals surface area contributed by atoms with Crippen LogP contribution >= 0.6 is 11.6 Å². The van der Waals surface area contributed by atoms with Gasteiger partial charge in [-0.25, -0.2) is 0 Å². The van der Waals surface area contributed by atoms with E-state index in [0.29, 0.717) is 10.6 Å². The third-order valence-corrected chi connectivity index (χ3v) is 2.87. The summed E-state index contributed by atoms with van der Waals surface area (Å²) in [6, 6.07) is 6.34. The molecule has 1 fully saturated rings. The summed E-state index contributed by atoms with van der Waals surface area (Å²) in [5.41, 5.74) is 0.633. The van der Waals surface area contributed by atoms with Crippen molar-refractivity contribution in [3.05, 3.63) is 34.9 Å². The van der Waals surface area contributed by atoms with Crippen molar-refractivity contribution in [3.8, 4) is 0 Å². The molecule has 0 saturated carbocycles. The molecule has 1 aliphatic heterocycles. The molecule has 4 nitrogen and oxygen atoms in total. The van der Waals surface area contributed by atoms with Crippen LogP contribution in [0.2, 0.25) is 5.02 Å². The van der Waals surface area contributed by atoms with Gasteiger partial charge in [0, 0.05) is 17.6 Å². The number of rotatable bonds is 1. The molecule has 0 aliphatic carbocycles. The predicted molar refractivity (Wildman–Crippen MR) is 60.0 cm³/mol. The number of hydrogen-bond donors (Lipinski definition) is 1. The van der Waals surface area contributed by atoms with Crippen LogP contribution in [-0.2, 0) is 9.59 Å². The van der Waals surface area contributed by atoms with Gasteiger partial charge in [-0.15, -0.1) is 0 Å². The molecule has 1 aromatic rings. The molecule has 1 saturated heterocycles. The maximum absolute atomic E-state index is 11.9. The summed E-state index contributed by atoms with van der Waals surface area (Å²) in [5.74, 6) is -0.320. The zero-order valence-corrected chi connectivity index (χ0v) is 9.49. The number of likely N-dealkylation sites (N-methyl/N-ethyl adjacent to an activating group) is 1. The highest BCUT2D eigenvalue weighted by molar-refractivity contribution is 6.31. The van der Waals surface area contributed by atoms with E-state index in [9.17, 15) is 9.59 Å². The van der Waals surface area contributed by atoms with Crippen LogP contribution in [-0.4, -0.2) is 30.3 Å². The molecule has 5 heteroatoms. The highest BCUT2D eigenvalue weighted by Crippen LogP contribution is 2.25. The third kappa shape index (κ3) is 1.88. The van der Waals surface area contributed by atoms with E-state index in [1.807, 2.05) is 0 Å². The van der Waals surface area contributed by atoms with Crippen molar-refractivity contribution in [2.24, 2.45) is 0 Å². The number of nitrogens with one attached hydrogen (secondary N) is 1. The third-order valence-electron chi connectivity index (χ3n) is 2.53. The van der Waals surface area contributed by atoms with Crippen LogP contribution in [0.5, 0.6) is 0 Å². The number of nitrogens with zero attached hydrogens (tertiary/aromatic N) is 1. The lowest BCUT2D eigenvalue weighted by Gasteiger charge is -2.30. The van der Waals surface area contributed by atoms with Crippen LogP contribution in [0, 0.1) is 0 Å². The number of benzene rings is 1. The first kappa shape index (κ1) is 11.0. The lowest BCUT2D eigenvalue weighted by atomic mass is 10.0. The summed E-state index contributed by atoms with van der Waals surface area (Å²) in [5, 5.41) is 3.12. The van der Waals surface area contributed by atoms with Gasteiger partial charge >= 0.3 is 0 Å². The molecule has 1 atom stereocenters. The highest BCUT2D eigenvalue weighted by Gasteiger charge is 2.32. The van der Waals surface area contributed by atoms with Crippen molar-refractivity contribution in [1.82, 2.24) is 10.2 Å². The van der Waals surface area contributed by atoms with Gasteiger partial charge in [0.05, 0.1) is 6.54 Å². The normalized spacial score (nSPS) is 20.9. The zero-order chi connectivity index (χ0) is 11.7. The maximum Gasteiger partial charge on any atom is 0.250 e. The maximum atomic E-state index is 11.9. The first-order chi connectivity index (χ1) is 7.59. The molecule has 0 aromatic heterocycles. The Labute approximate surface area is 98.2 Å². The molecule has 1 aromatic carbocycles. The predicted octanol–water partition coefficient (Wildman–Crippen LogP) is 0.969. The van der Waals surface area contributed by atoms with Gasteiger partial charge in [0.2, 0.25) is 11.8 Å². The lowest BCUT2D eigenvalue weighted by molar-refractivity contribution is -0.143. The Bertz CT molecular complexity index is 447. The Morgan fingerprint density at radius 3 is 2.75 bits per heavy atom. The van der Waals surface area contributed by atoms with E-state index in [2.05, 4.69) is 5.32 Å². The lowest BCUT2D eigenvalue weighted by Crippen LogP contribution is -2.51. The molecular formula is C11H11ClN2O2. The van der Waals surface area contributed by atoms with E-state index >= 15 is 0 Å². The van der Waals surface area contributed by atoms with Crippen LogP contribution in [0.3, 0.4) is 0 Å². The van der Waals surface area contributed by atoms with Gasteiger partial charge in [-0.2, -0.15) is 0 Å². The summed E-state index contributed by atoms with van der Waals surface area (Å²) < 4.78 is 0. The Morgan fingerprint density at radius 2 is 2.06 bits per heavy atom. The smallest absolute Gasteiger partial charge is 0.250 e. The van der Waals surface area contributed by atoms with Crippen molar-refractivity contribution in [2.45, 2.75) is 6.04 Å². The molecule has 0 radical (unpaired) electrons. The molecule has 2 rings (SSSR count). The number of hydrogen-bond acceptors (Lipinski definition) is 2. The Kier molecular flexibility index (Phi) is 2.83. The van der Waals surface area contributed by atoms with E-state index in [4.69, 9.17) is 11.6 Å². The second-order valence-corrected chi connectivity index (χ2v) is 4.12. The van der Waals surface area contributed by atoms with Gasteiger partial charge in [0.1, 0.15) is 6.04 Å². The van der Waals surface area contributed by atoms with Crippen LogP contribution in [0.15, 0.2) is 24.3 Å². The Balaban J connectivity index is 2.36. The van der Waals surface area contributed by atoms with Crippen molar-refractivity contribution in [3.63, 3.8) is 0 Å². The minimum atomic E-state index is -0.667. The quantitative estimate of drug-likeness (QED) is 0.793. The number of amides is 2. The number of piperazine rings is 1. The van der Waals surface area contributed by atoms with Gasteiger partial charge in [0.15, 0.2) is 0 Å². The second kappa shape index (κ2) is 4.14. The largest absolute Gasteiger partial charge is 0.339 e. The second-order valence-electron chi connectivity index (χ2n) is 3.72. The van der Waals surface area contributed by atoms with Crippen molar-refractivity contribution >= 4 is 23.4 Å². The molecule has 0 spiro atoms. The average Bonchev–Trinajstić information content (AvgIpc) is 2.24. The van der Waals surface area contributed by atoms with Crippen LogP contribution < -0.4 is 5.32 Å². The number of halogens is 1. The SMILES string of the molecule is CN1CC(=O)N[C@H](c2ccccc2Cl)C1=O. The van der Waals surface area contributed by atoms with E-state index in [0.717, 1.165) is 0 Å². The molecular weight excluding hydrogens is 228 g/mol. The van der Waals surface area contributed by atoms with Gasteiger partial charge in [-0.3, -0.25) is 9.59 Å². The first-order valence-corrected chi connectivity index (χ1v) is 5.26. The minimum absolute atomic E-state index is 0.0970. The Morgan fingerprint density at radius 1 is 1.38 bits per heavy atom. The molecule has 0 bridgehead atoms. The van der Waals surface area contributed by atoms with Crippen molar-refractivity contribution < 1.29 is 9.59 Å². The van der Waals surface area contributed by atoms with Gasteiger partial charge in [-0.1, -0.05) is 29.8 Å². The topological polar surface area (TPSA) is 49.4 Å². The molecule has 2 amide bonds. The van der Waals surface area contributed by atoms with Gasteiger partial charge < -0.3 is 10.2 Å². The van der Waals surface area contributed by atoms with E-state index < -0.39 is 6.04 Å². The standard InChI is InChI=1S/C11H11ClN2O2/c1-14-6-9(15)13-10(11(14)16)7-4-2-3-5-8(7)12/h2-5,10H,6H2,1H3,(H,13,15)/t10-/m1/s1. The molecule has 1 N–H and O–H groups in total. The molecule has 1 heterocycles. The van der Waals surface area contributed by atoms with Crippen LogP contribution in [0.1, 0.15) is 11.6 Å². The van der Waals surface area contributed by atoms with Crippen molar-refractivity contribution in [2.75, 3.05) is 13.6 Å². The fraction of sp³-hybridized carbons (Fsp3) is 0.273. The number of carbonyl (C=O) groups excluding carboxylic acids is 2. The monoisotopic (exact) mass is 238 g/mol. The molecule has 1 aliphatic rings. The van der Waals surface area contributed by atoms with Gasteiger partial charge in [0.25, 0.3) is 0 Å². The first-order valence-electron chi connectivity index (χ1n) is 4.88. The minimum Gasteiger partial charge on any atom is -0.339 e. The highest BCUT2D eigenvalue weighted by atomic mass is 35.5. The van der Waals surface area contributed by atoms with Crippen molar-refractivity contribution in [1.29, 1.82) is 0 Å². The van der Waals surface area contributed by atoms with Crippen LogP contribution in [0.4, 0.5) is 0 Å². The fourth-order valence-corrected chi connectivity index (χ4v) is 1.95. The molecule has 16 heavy (non-hydrogen) atoms. The van der Waals surface area contributed by atoms with E-state index in [1.54, 1.807) is 31.3 Å². The van der Waals surface area contributed by atoms with Crippen LogP contribution in [0.25, 0.3) is 0 Å². The van der Waals surface area contributed by atoms with E-state index in [-0.39, 0.29) is 18.4 Å². The Hall–Kier alpha value is -1.55. The fourth-order valence-electron chi connectivity index (χ4n) is 1.70. The summed E-state index contributed by atoms with van der Waals surface area (Å²) in [4.78, 5) is 24.6. The molecule has 0 unspecified atom stereocenters. The number of carbonyl (C=O) groups is 2. The summed E-state index contributed by atoms with van der Waals surface area (Å²) >= 11 is 6.00. The van der Waals surface area contributed by atoms with E-state index in [1.165, 1.54) is 4.90 Å². The van der Waals surface area contributed by atoms with Gasteiger partial charge in [-0.05, 0) is 6.07 Å². The summed E-state index contributed by atoms with van der Waals surface area (Å²) in [7, 11) is 1.60. The summed E-state index contributed by atoms with van der Waals surface area (Å²) in [6.07, 6.45) is 0. The average molecular weight is 239 g/mol.